The van der Waals surface area contributed by atoms with Gasteiger partial charge in [-0.2, -0.15) is 0 Å². The van der Waals surface area contributed by atoms with Crippen LogP contribution in [0, 0.1) is 0 Å². The normalized spacial score (nSPS) is 22.2. The van der Waals surface area contributed by atoms with E-state index in [1.165, 1.54) is 22.8 Å². The van der Waals surface area contributed by atoms with Gasteiger partial charge in [-0.05, 0) is 41.7 Å². The minimum absolute atomic E-state index is 0.0163. The zero-order valence-electron chi connectivity index (χ0n) is 10.6. The summed E-state index contributed by atoms with van der Waals surface area (Å²) in [5.74, 6) is -0.166. The molecule has 19 heavy (non-hydrogen) atoms. The van der Waals surface area contributed by atoms with E-state index in [0.717, 1.165) is 12.8 Å². The molecule has 0 amide bonds. The number of dihydropyridines is 1. The van der Waals surface area contributed by atoms with Crippen LogP contribution >= 0.6 is 0 Å². The highest BCUT2D eigenvalue weighted by Gasteiger charge is 2.16. The van der Waals surface area contributed by atoms with Crippen LogP contribution in [0.25, 0.3) is 5.57 Å². The quantitative estimate of drug-likeness (QED) is 0.835. The maximum absolute atomic E-state index is 13.3. The highest BCUT2D eigenvalue weighted by atomic mass is 19.1. The van der Waals surface area contributed by atoms with Gasteiger partial charge >= 0.3 is 0 Å². The van der Waals surface area contributed by atoms with Crippen LogP contribution in [0.1, 0.15) is 18.4 Å². The fourth-order valence-electron chi connectivity index (χ4n) is 2.51. The Morgan fingerprint density at radius 2 is 2.00 bits per heavy atom. The van der Waals surface area contributed by atoms with Gasteiger partial charge in [0, 0.05) is 6.20 Å². The summed E-state index contributed by atoms with van der Waals surface area (Å²) in [7, 11) is 0. The predicted octanol–water partition coefficient (Wildman–Crippen LogP) is 4.13. The molecule has 0 spiro atoms. The summed E-state index contributed by atoms with van der Waals surface area (Å²) in [6.45, 7) is 0. The van der Waals surface area contributed by atoms with Crippen LogP contribution in [0.3, 0.4) is 0 Å². The van der Waals surface area contributed by atoms with E-state index in [0.29, 0.717) is 0 Å². The molecule has 2 aliphatic rings. The summed E-state index contributed by atoms with van der Waals surface area (Å²) in [5.41, 5.74) is 3.68. The second kappa shape index (κ2) is 5.27. The van der Waals surface area contributed by atoms with Crippen molar-refractivity contribution < 1.29 is 4.39 Å². The van der Waals surface area contributed by atoms with Crippen molar-refractivity contribution in [1.29, 1.82) is 0 Å². The van der Waals surface area contributed by atoms with Crippen molar-refractivity contribution >= 4 is 5.57 Å². The van der Waals surface area contributed by atoms with E-state index in [1.807, 2.05) is 18.2 Å². The van der Waals surface area contributed by atoms with Crippen LogP contribution in [-0.2, 0) is 0 Å². The van der Waals surface area contributed by atoms with Crippen LogP contribution in [-0.4, -0.2) is 6.04 Å². The van der Waals surface area contributed by atoms with Gasteiger partial charge in [0.2, 0.25) is 0 Å². The minimum Gasteiger partial charge on any atom is -0.381 e. The zero-order chi connectivity index (χ0) is 13.1. The van der Waals surface area contributed by atoms with E-state index in [4.69, 9.17) is 0 Å². The number of halogens is 1. The molecule has 1 aliphatic heterocycles. The molecular formula is C17H16FN. The summed E-state index contributed by atoms with van der Waals surface area (Å²) >= 11 is 0. The summed E-state index contributed by atoms with van der Waals surface area (Å²) < 4.78 is 13.3. The molecule has 0 aromatic heterocycles. The lowest BCUT2D eigenvalue weighted by molar-refractivity contribution is 0.625. The van der Waals surface area contributed by atoms with Crippen LogP contribution in [0.4, 0.5) is 4.39 Å². The number of hydrogen-bond acceptors (Lipinski definition) is 1. The van der Waals surface area contributed by atoms with Crippen molar-refractivity contribution in [3.05, 3.63) is 77.8 Å². The van der Waals surface area contributed by atoms with Crippen LogP contribution < -0.4 is 5.32 Å². The third-order valence-corrected chi connectivity index (χ3v) is 3.49. The van der Waals surface area contributed by atoms with Gasteiger partial charge in [-0.1, -0.05) is 42.5 Å². The number of nitrogens with one attached hydrogen (secondary N) is 1. The molecule has 2 heteroatoms. The van der Waals surface area contributed by atoms with E-state index in [9.17, 15) is 4.39 Å². The Hall–Kier alpha value is -2.09. The first-order valence-corrected chi connectivity index (χ1v) is 6.59. The van der Waals surface area contributed by atoms with Crippen LogP contribution in [0.5, 0.6) is 0 Å². The summed E-state index contributed by atoms with van der Waals surface area (Å²) in [6.07, 6.45) is 11.2. The maximum Gasteiger partial charge on any atom is 0.123 e. The highest BCUT2D eigenvalue weighted by molar-refractivity contribution is 5.76. The molecule has 3 rings (SSSR count). The molecule has 1 N–H and O–H groups in total. The molecule has 1 heterocycles. The third-order valence-electron chi connectivity index (χ3n) is 3.49. The van der Waals surface area contributed by atoms with E-state index in [-0.39, 0.29) is 11.9 Å². The van der Waals surface area contributed by atoms with Gasteiger partial charge in [0.05, 0.1) is 6.04 Å². The summed E-state index contributed by atoms with van der Waals surface area (Å²) in [4.78, 5) is 0. The Morgan fingerprint density at radius 1 is 1.16 bits per heavy atom. The Bertz CT molecular complexity index is 579. The van der Waals surface area contributed by atoms with Crippen molar-refractivity contribution in [2.24, 2.45) is 0 Å². The first kappa shape index (κ1) is 12.0. The van der Waals surface area contributed by atoms with E-state index >= 15 is 0 Å². The highest BCUT2D eigenvalue weighted by Crippen LogP contribution is 2.28. The van der Waals surface area contributed by atoms with Crippen molar-refractivity contribution in [1.82, 2.24) is 5.32 Å². The first-order chi connectivity index (χ1) is 9.33. The van der Waals surface area contributed by atoms with Crippen molar-refractivity contribution in [2.45, 2.75) is 18.9 Å². The fraction of sp³-hybridized carbons (Fsp3) is 0.176. The molecule has 0 fully saturated rings. The molecule has 1 aliphatic carbocycles. The SMILES string of the molecule is FC1=CC(C2=CC(c3ccccc3)=CCC2)NC=C1. The lowest BCUT2D eigenvalue weighted by atomic mass is 9.90. The molecule has 1 atom stereocenters. The number of benzene rings is 1. The molecule has 0 saturated heterocycles. The van der Waals surface area contributed by atoms with Crippen LogP contribution in [0.15, 0.2) is 72.2 Å². The Morgan fingerprint density at radius 3 is 2.79 bits per heavy atom. The van der Waals surface area contributed by atoms with Gasteiger partial charge in [-0.15, -0.1) is 0 Å². The van der Waals surface area contributed by atoms with Gasteiger partial charge in [0.1, 0.15) is 5.83 Å². The smallest absolute Gasteiger partial charge is 0.123 e. The lowest BCUT2D eigenvalue weighted by Crippen LogP contribution is -2.27. The molecule has 1 unspecified atom stereocenters. The molecule has 1 aromatic rings. The Kier molecular flexibility index (Phi) is 3.32. The third kappa shape index (κ3) is 2.68. The number of hydrogen-bond donors (Lipinski definition) is 1. The second-order valence-electron chi connectivity index (χ2n) is 4.81. The van der Waals surface area contributed by atoms with Crippen molar-refractivity contribution in [2.75, 3.05) is 0 Å². The molecule has 0 bridgehead atoms. The summed E-state index contributed by atoms with van der Waals surface area (Å²) in [5, 5.41) is 3.20. The van der Waals surface area contributed by atoms with E-state index in [2.05, 4.69) is 29.6 Å². The van der Waals surface area contributed by atoms with Gasteiger partial charge in [0.15, 0.2) is 0 Å². The fourth-order valence-corrected chi connectivity index (χ4v) is 2.51. The predicted molar refractivity (Wildman–Crippen MR) is 77.0 cm³/mol. The molecular weight excluding hydrogens is 237 g/mol. The Labute approximate surface area is 112 Å². The molecule has 0 saturated carbocycles. The average molecular weight is 253 g/mol. The van der Waals surface area contributed by atoms with Crippen LogP contribution in [0.2, 0.25) is 0 Å². The molecule has 1 nitrogen and oxygen atoms in total. The van der Waals surface area contributed by atoms with Crippen molar-refractivity contribution in [3.63, 3.8) is 0 Å². The van der Waals surface area contributed by atoms with Gasteiger partial charge in [-0.3, -0.25) is 0 Å². The maximum atomic E-state index is 13.3. The van der Waals surface area contributed by atoms with Gasteiger partial charge < -0.3 is 5.32 Å². The zero-order valence-corrected chi connectivity index (χ0v) is 10.6. The molecule has 96 valence electrons. The van der Waals surface area contributed by atoms with Gasteiger partial charge in [0.25, 0.3) is 0 Å². The lowest BCUT2D eigenvalue weighted by Gasteiger charge is -2.23. The topological polar surface area (TPSA) is 12.0 Å². The second-order valence-corrected chi connectivity index (χ2v) is 4.81. The summed E-state index contributed by atoms with van der Waals surface area (Å²) in [6, 6.07) is 10.3. The molecule has 1 aromatic carbocycles. The number of rotatable bonds is 2. The molecule has 0 radical (unpaired) electrons. The average Bonchev–Trinajstić information content (AvgIpc) is 2.48. The Balaban J connectivity index is 1.86. The first-order valence-electron chi connectivity index (χ1n) is 6.59. The van der Waals surface area contributed by atoms with Crippen molar-refractivity contribution in [3.8, 4) is 0 Å². The standard InChI is InChI=1S/C17H16FN/c18-16-9-10-19-17(12-16)15-8-4-7-14(11-15)13-5-2-1-3-6-13/h1-3,5-7,9-12,17,19H,4,8H2. The largest absolute Gasteiger partial charge is 0.381 e. The number of allylic oxidation sites excluding steroid dienone is 5. The monoisotopic (exact) mass is 253 g/mol. The van der Waals surface area contributed by atoms with Gasteiger partial charge in [-0.25, -0.2) is 4.39 Å². The van der Waals surface area contributed by atoms with E-state index in [1.54, 1.807) is 12.3 Å². The minimum atomic E-state index is -0.166. The van der Waals surface area contributed by atoms with E-state index < -0.39 is 0 Å².